The highest BCUT2D eigenvalue weighted by atomic mass is 15.1. The molecule has 3 nitrogen and oxygen atoms in total. The van der Waals surface area contributed by atoms with Crippen molar-refractivity contribution in [1.82, 2.24) is 0 Å². The van der Waals surface area contributed by atoms with E-state index >= 15 is 0 Å². The Labute approximate surface area is 289 Å². The summed E-state index contributed by atoms with van der Waals surface area (Å²) in [6.07, 6.45) is 12.5. The molecule has 0 saturated carbocycles. The molecule has 2 atom stereocenters. The Morgan fingerprint density at radius 2 is 1.54 bits per heavy atom. The summed E-state index contributed by atoms with van der Waals surface area (Å²) in [5.41, 5.74) is 14.1. The normalized spacial score (nSPS) is 20.3. The molecular formula is C45H55N3+2. The Bertz CT molecular complexity index is 2030. The van der Waals surface area contributed by atoms with E-state index in [9.17, 15) is 0 Å². The fourth-order valence-corrected chi connectivity index (χ4v) is 9.65. The number of aromatic nitrogens is 2. The van der Waals surface area contributed by atoms with Gasteiger partial charge in [-0.05, 0) is 83.5 Å². The van der Waals surface area contributed by atoms with Gasteiger partial charge in [-0.1, -0.05) is 77.4 Å². The van der Waals surface area contributed by atoms with E-state index in [0.29, 0.717) is 0 Å². The summed E-state index contributed by atoms with van der Waals surface area (Å²) in [6, 6.07) is 28.5. The second-order valence-electron chi connectivity index (χ2n) is 15.6. The molecule has 0 saturated heterocycles. The number of aryl methyl sites for hydroxylation is 3. The van der Waals surface area contributed by atoms with Gasteiger partial charge in [-0.2, -0.15) is 4.57 Å². The van der Waals surface area contributed by atoms with Gasteiger partial charge in [0.1, 0.15) is 7.05 Å². The van der Waals surface area contributed by atoms with Crippen LogP contribution < -0.4 is 14.0 Å². The van der Waals surface area contributed by atoms with Crippen molar-refractivity contribution in [2.45, 2.75) is 103 Å². The van der Waals surface area contributed by atoms with Crippen LogP contribution in [0.1, 0.15) is 101 Å². The minimum absolute atomic E-state index is 0.0382. The van der Waals surface area contributed by atoms with Gasteiger partial charge in [0.05, 0.1) is 21.9 Å². The molecule has 248 valence electrons. The van der Waals surface area contributed by atoms with Crippen molar-refractivity contribution in [3.63, 3.8) is 0 Å². The van der Waals surface area contributed by atoms with Gasteiger partial charge in [0.15, 0.2) is 17.9 Å². The van der Waals surface area contributed by atoms with Crippen molar-refractivity contribution < 1.29 is 9.13 Å². The van der Waals surface area contributed by atoms with Gasteiger partial charge < -0.3 is 4.90 Å². The minimum Gasteiger partial charge on any atom is -0.378 e. The van der Waals surface area contributed by atoms with Crippen molar-refractivity contribution in [3.05, 3.63) is 113 Å². The fourth-order valence-electron chi connectivity index (χ4n) is 9.65. The van der Waals surface area contributed by atoms with E-state index in [0.717, 1.165) is 32.1 Å². The Hall–Kier alpha value is -3.98. The Balaban J connectivity index is 1.44. The number of nitrogens with zero attached hydrogens (tertiary/aromatic N) is 3. The number of hydrogen-bond acceptors (Lipinski definition) is 1. The highest BCUT2D eigenvalue weighted by molar-refractivity contribution is 6.01. The molecule has 0 amide bonds. The lowest BCUT2D eigenvalue weighted by Gasteiger charge is -2.51. The molecule has 2 aromatic heterocycles. The second kappa shape index (κ2) is 11.9. The number of unbranched alkanes of at least 4 members (excludes halogenated alkanes) is 1. The Kier molecular flexibility index (Phi) is 8.05. The van der Waals surface area contributed by atoms with Gasteiger partial charge in [-0.3, -0.25) is 0 Å². The molecule has 2 unspecified atom stereocenters. The van der Waals surface area contributed by atoms with Crippen LogP contribution >= 0.6 is 0 Å². The van der Waals surface area contributed by atoms with E-state index in [1.807, 2.05) is 0 Å². The van der Waals surface area contributed by atoms with Crippen LogP contribution in [0.25, 0.3) is 33.3 Å². The molecule has 2 aliphatic rings. The maximum atomic E-state index is 2.74. The zero-order chi connectivity index (χ0) is 34.0. The molecule has 3 heterocycles. The molecule has 3 aromatic carbocycles. The van der Waals surface area contributed by atoms with Crippen LogP contribution in [-0.4, -0.2) is 14.1 Å². The number of anilines is 1. The predicted molar refractivity (Wildman–Crippen MR) is 202 cm³/mol. The molecule has 0 bridgehead atoms. The highest BCUT2D eigenvalue weighted by Crippen LogP contribution is 2.58. The van der Waals surface area contributed by atoms with Crippen LogP contribution in [0.2, 0.25) is 0 Å². The van der Waals surface area contributed by atoms with Gasteiger partial charge in [0, 0.05) is 56.7 Å². The van der Waals surface area contributed by atoms with Gasteiger partial charge in [-0.15, -0.1) is 0 Å². The molecule has 1 aliphatic heterocycles. The molecule has 1 aliphatic carbocycles. The zero-order valence-corrected chi connectivity index (χ0v) is 30.9. The van der Waals surface area contributed by atoms with Gasteiger partial charge in [0.25, 0.3) is 0 Å². The smallest absolute Gasteiger partial charge is 0.221 e. The molecule has 3 heteroatoms. The summed E-state index contributed by atoms with van der Waals surface area (Å²) in [7, 11) is 6.45. The van der Waals surface area contributed by atoms with E-state index in [-0.39, 0.29) is 16.4 Å². The third-order valence-corrected chi connectivity index (χ3v) is 12.7. The Morgan fingerprint density at radius 1 is 0.750 bits per heavy atom. The van der Waals surface area contributed by atoms with Crippen LogP contribution in [-0.2, 0) is 36.3 Å². The summed E-state index contributed by atoms with van der Waals surface area (Å²) in [5.74, 6) is 0. The summed E-state index contributed by atoms with van der Waals surface area (Å²) >= 11 is 0. The summed E-state index contributed by atoms with van der Waals surface area (Å²) in [5, 5.41) is 2.88. The average molecular weight is 638 g/mol. The lowest BCUT2D eigenvalue weighted by atomic mass is 9.54. The minimum atomic E-state index is -0.0856. The SMILES string of the molecule is CCCCc1cc2c3c4[n+](ccc3c1)C(C)(CC)C(CC)(CCc1ccc(N(C)C)cc1-c1cccc[n+]1C)c1cccc(c1-4)C2(C)C. The molecule has 7 rings (SSSR count). The maximum Gasteiger partial charge on any atom is 0.221 e. The fraction of sp³-hybridized carbons (Fsp3) is 0.422. The number of benzene rings is 3. The second-order valence-corrected chi connectivity index (χ2v) is 15.6. The predicted octanol–water partition coefficient (Wildman–Crippen LogP) is 9.75. The average Bonchev–Trinajstić information content (AvgIpc) is 3.09. The van der Waals surface area contributed by atoms with Crippen LogP contribution in [0.4, 0.5) is 5.69 Å². The van der Waals surface area contributed by atoms with E-state index in [4.69, 9.17) is 0 Å². The van der Waals surface area contributed by atoms with E-state index in [2.05, 4.69) is 162 Å². The van der Waals surface area contributed by atoms with Gasteiger partial charge in [-0.25, -0.2) is 4.57 Å². The lowest BCUT2D eigenvalue weighted by Crippen LogP contribution is -2.69. The van der Waals surface area contributed by atoms with E-state index in [1.54, 1.807) is 5.56 Å². The maximum absolute atomic E-state index is 2.74. The standard InChI is InChI=1S/C45H55N3/c1-10-13-17-31-28-33-24-27-48-42-40(33)38(29-31)43(4,5)36-18-16-19-37(41(36)42)45(12-3,44(48,6)11-2)25-23-32-21-22-34(46(7)8)30-35(32)39-20-14-15-26-47(39)9/h14-16,18-22,24,26-30H,10-13,17,23,25H2,1-9H3/q+2. The van der Waals surface area contributed by atoms with Gasteiger partial charge >= 0.3 is 0 Å². The van der Waals surface area contributed by atoms with Crippen LogP contribution in [0.5, 0.6) is 0 Å². The van der Waals surface area contributed by atoms with Crippen molar-refractivity contribution >= 4 is 16.5 Å². The Morgan fingerprint density at radius 3 is 2.25 bits per heavy atom. The summed E-state index contributed by atoms with van der Waals surface area (Å²) in [4.78, 5) is 2.22. The van der Waals surface area contributed by atoms with Gasteiger partial charge in [0.2, 0.25) is 11.4 Å². The van der Waals surface area contributed by atoms with Crippen LogP contribution in [0, 0.1) is 0 Å². The molecule has 5 aromatic rings. The van der Waals surface area contributed by atoms with E-state index < -0.39 is 0 Å². The monoisotopic (exact) mass is 637 g/mol. The first-order chi connectivity index (χ1) is 23.0. The first-order valence-corrected chi connectivity index (χ1v) is 18.4. The van der Waals surface area contributed by atoms with Crippen LogP contribution in [0.3, 0.4) is 0 Å². The topological polar surface area (TPSA) is 11.0 Å². The summed E-state index contributed by atoms with van der Waals surface area (Å²) in [6.45, 7) is 14.7. The first kappa shape index (κ1) is 32.6. The van der Waals surface area contributed by atoms with Crippen LogP contribution in [0.15, 0.2) is 85.2 Å². The molecule has 0 fully saturated rings. The quantitative estimate of drug-likeness (QED) is 0.139. The van der Waals surface area contributed by atoms with Crippen molar-refractivity contribution in [2.24, 2.45) is 7.05 Å². The number of pyridine rings is 2. The van der Waals surface area contributed by atoms with Crippen molar-refractivity contribution in [3.8, 4) is 22.5 Å². The molecule has 0 spiro atoms. The molecule has 0 N–H and O–H groups in total. The number of rotatable bonds is 10. The molecular weight excluding hydrogens is 583 g/mol. The van der Waals surface area contributed by atoms with E-state index in [1.165, 1.54) is 74.1 Å². The number of hydrogen-bond donors (Lipinski definition) is 0. The van der Waals surface area contributed by atoms with Crippen molar-refractivity contribution in [1.29, 1.82) is 0 Å². The molecule has 0 radical (unpaired) electrons. The molecule has 48 heavy (non-hydrogen) atoms. The zero-order valence-electron chi connectivity index (χ0n) is 30.9. The highest BCUT2D eigenvalue weighted by Gasteiger charge is 2.60. The van der Waals surface area contributed by atoms with Crippen molar-refractivity contribution in [2.75, 3.05) is 19.0 Å². The third kappa shape index (κ3) is 4.60. The lowest BCUT2D eigenvalue weighted by molar-refractivity contribution is -0.765. The first-order valence-electron chi connectivity index (χ1n) is 18.4. The third-order valence-electron chi connectivity index (χ3n) is 12.7. The largest absolute Gasteiger partial charge is 0.378 e. The summed E-state index contributed by atoms with van der Waals surface area (Å²) < 4.78 is 5.01.